The molecule has 0 atom stereocenters. The summed E-state index contributed by atoms with van der Waals surface area (Å²) >= 11 is 0.518. The zero-order chi connectivity index (χ0) is 8.27. The quantitative estimate of drug-likeness (QED) is 0.710. The van der Waals surface area contributed by atoms with Crippen LogP contribution in [0.2, 0.25) is 0 Å². The average molecular weight is 348 g/mol. The van der Waals surface area contributed by atoms with Crippen molar-refractivity contribution in [3.63, 3.8) is 0 Å². The van der Waals surface area contributed by atoms with Crippen LogP contribution in [-0.4, -0.2) is 31.1 Å². The molecule has 0 saturated heterocycles. The molecular formula is C7H4BiFO2. The second-order valence-electron chi connectivity index (χ2n) is 1.89. The van der Waals surface area contributed by atoms with Crippen LogP contribution in [-0.2, 0) is 2.81 Å². The molecule has 56 valence electrons. The van der Waals surface area contributed by atoms with E-state index in [1.807, 2.05) is 0 Å². The van der Waals surface area contributed by atoms with Gasteiger partial charge in [-0.15, -0.1) is 0 Å². The molecule has 1 rings (SSSR count). The van der Waals surface area contributed by atoms with Crippen molar-refractivity contribution < 1.29 is 12.0 Å². The van der Waals surface area contributed by atoms with Crippen LogP contribution in [0.25, 0.3) is 0 Å². The van der Waals surface area contributed by atoms with Crippen molar-refractivity contribution >= 4 is 31.1 Å². The van der Waals surface area contributed by atoms with Gasteiger partial charge in [0.25, 0.3) is 0 Å². The third-order valence-corrected chi connectivity index (χ3v) is 1.79. The van der Waals surface area contributed by atoms with E-state index in [0.29, 0.717) is 25.2 Å². The third kappa shape index (κ3) is 2.23. The van der Waals surface area contributed by atoms with Crippen molar-refractivity contribution in [2.45, 2.75) is 0 Å². The Kier molecular flexibility index (Phi) is 2.95. The van der Waals surface area contributed by atoms with Gasteiger partial charge >= 0.3 is 78.8 Å². The number of rotatable bonds is 1. The first-order valence-electron chi connectivity index (χ1n) is 2.85. The Hall–Kier alpha value is -0.497. The summed E-state index contributed by atoms with van der Waals surface area (Å²) in [6.45, 7) is 0. The van der Waals surface area contributed by atoms with Crippen LogP contribution in [0, 0.1) is 5.82 Å². The first-order valence-corrected chi connectivity index (χ1v) is 4.27. The van der Waals surface area contributed by atoms with Crippen LogP contribution in [0.4, 0.5) is 4.39 Å². The van der Waals surface area contributed by atoms with E-state index in [1.165, 1.54) is 18.2 Å². The normalized spacial score (nSPS) is 9.27. The molecule has 0 amide bonds. The molecule has 0 heterocycles. The van der Waals surface area contributed by atoms with E-state index in [0.717, 1.165) is 6.07 Å². The number of hydrogen-bond acceptors (Lipinski definition) is 2. The molecule has 0 aliphatic carbocycles. The van der Waals surface area contributed by atoms with Crippen LogP contribution in [0.1, 0.15) is 10.4 Å². The summed E-state index contributed by atoms with van der Waals surface area (Å²) in [7, 11) is 0. The van der Waals surface area contributed by atoms with Crippen molar-refractivity contribution in [1.82, 2.24) is 0 Å². The maximum absolute atomic E-state index is 12.5. The van der Waals surface area contributed by atoms with E-state index < -0.39 is 11.8 Å². The Morgan fingerprint density at radius 3 is 2.82 bits per heavy atom. The van der Waals surface area contributed by atoms with Gasteiger partial charge in [-0.2, -0.15) is 0 Å². The standard InChI is InChI=1S/C7H5FO2.Bi/c8-6-3-1-2-5(4-6)7(9)10;/h1-4H,(H,9,10);/q;+1/p-1. The van der Waals surface area contributed by atoms with Gasteiger partial charge in [-0.05, 0) is 0 Å². The topological polar surface area (TPSA) is 26.3 Å². The van der Waals surface area contributed by atoms with Crippen molar-refractivity contribution in [2.75, 3.05) is 0 Å². The molecule has 0 N–H and O–H groups in total. The molecule has 2 nitrogen and oxygen atoms in total. The minimum absolute atomic E-state index is 0.257. The van der Waals surface area contributed by atoms with Gasteiger partial charge in [0.05, 0.1) is 0 Å². The van der Waals surface area contributed by atoms with Crippen LogP contribution >= 0.6 is 0 Å². The molecular weight excluding hydrogens is 344 g/mol. The molecule has 4 heteroatoms. The molecule has 11 heavy (non-hydrogen) atoms. The summed E-state index contributed by atoms with van der Waals surface area (Å²) in [6.07, 6.45) is 0. The molecule has 0 spiro atoms. The van der Waals surface area contributed by atoms with Gasteiger partial charge in [0.2, 0.25) is 0 Å². The number of hydrogen-bond donors (Lipinski definition) is 0. The van der Waals surface area contributed by atoms with Gasteiger partial charge in [0.15, 0.2) is 0 Å². The second kappa shape index (κ2) is 3.77. The second-order valence-corrected chi connectivity index (χ2v) is 2.60. The summed E-state index contributed by atoms with van der Waals surface area (Å²) in [5.41, 5.74) is 0.257. The minimum atomic E-state index is -0.474. The van der Waals surface area contributed by atoms with E-state index in [2.05, 4.69) is 2.81 Å². The summed E-state index contributed by atoms with van der Waals surface area (Å²) in [6, 6.07) is 5.41. The molecule has 0 bridgehead atoms. The molecule has 0 aromatic heterocycles. The number of benzene rings is 1. The summed E-state index contributed by atoms with van der Waals surface area (Å²) in [5, 5.41) is 0. The van der Waals surface area contributed by atoms with E-state index >= 15 is 0 Å². The average Bonchev–Trinajstić information content (AvgIpc) is 2.03. The molecule has 0 aliphatic heterocycles. The Morgan fingerprint density at radius 2 is 2.27 bits per heavy atom. The molecule has 0 aliphatic rings. The monoisotopic (exact) mass is 348 g/mol. The fraction of sp³-hybridized carbons (Fsp3) is 0. The van der Waals surface area contributed by atoms with E-state index in [1.54, 1.807) is 0 Å². The van der Waals surface area contributed by atoms with Gasteiger partial charge in [-0.1, -0.05) is 0 Å². The number of carbonyl (C=O) groups excluding carboxylic acids is 1. The summed E-state index contributed by atoms with van der Waals surface area (Å²) < 4.78 is 17.0. The number of halogens is 1. The van der Waals surface area contributed by atoms with Gasteiger partial charge < -0.3 is 0 Å². The van der Waals surface area contributed by atoms with E-state index in [-0.39, 0.29) is 5.56 Å². The van der Waals surface area contributed by atoms with E-state index in [9.17, 15) is 9.18 Å². The molecule has 0 fully saturated rings. The fourth-order valence-electron chi connectivity index (χ4n) is 0.668. The SMILES string of the molecule is O=C([O][Bi])c1cccc(F)c1. The number of carbonyl (C=O) groups is 1. The van der Waals surface area contributed by atoms with Gasteiger partial charge in [0, 0.05) is 0 Å². The molecule has 1 aromatic carbocycles. The Labute approximate surface area is 78.8 Å². The Morgan fingerprint density at radius 1 is 1.55 bits per heavy atom. The van der Waals surface area contributed by atoms with Gasteiger partial charge in [0.1, 0.15) is 0 Å². The zero-order valence-corrected chi connectivity index (χ0v) is 8.93. The van der Waals surface area contributed by atoms with Gasteiger partial charge in [-0.3, -0.25) is 0 Å². The first kappa shape index (κ1) is 8.60. The van der Waals surface area contributed by atoms with Crippen LogP contribution in [0.5, 0.6) is 0 Å². The van der Waals surface area contributed by atoms with Crippen molar-refractivity contribution in [1.29, 1.82) is 0 Å². The molecule has 0 unspecified atom stereocenters. The molecule has 2 radical (unpaired) electrons. The van der Waals surface area contributed by atoms with E-state index in [4.69, 9.17) is 0 Å². The summed E-state index contributed by atoms with van der Waals surface area (Å²) in [4.78, 5) is 10.8. The van der Waals surface area contributed by atoms with Crippen LogP contribution < -0.4 is 0 Å². The van der Waals surface area contributed by atoms with Crippen molar-refractivity contribution in [2.24, 2.45) is 0 Å². The maximum atomic E-state index is 12.5. The Bertz CT molecular complexity index is 275. The van der Waals surface area contributed by atoms with Crippen LogP contribution in [0.3, 0.4) is 0 Å². The Balaban J connectivity index is 2.96. The fourth-order valence-corrected chi connectivity index (χ4v) is 1.08. The van der Waals surface area contributed by atoms with Crippen molar-refractivity contribution in [3.05, 3.63) is 35.6 Å². The zero-order valence-electron chi connectivity index (χ0n) is 5.45. The molecule has 0 saturated carbocycles. The van der Waals surface area contributed by atoms with Crippen molar-refractivity contribution in [3.8, 4) is 0 Å². The first-order chi connectivity index (χ1) is 5.24. The van der Waals surface area contributed by atoms with Gasteiger partial charge in [-0.25, -0.2) is 0 Å². The summed E-state index contributed by atoms with van der Waals surface area (Å²) in [5.74, 6) is -0.899. The predicted octanol–water partition coefficient (Wildman–Crippen LogP) is 1.07. The molecule has 1 aromatic rings. The van der Waals surface area contributed by atoms with Crippen LogP contribution in [0.15, 0.2) is 24.3 Å². The third-order valence-electron chi connectivity index (χ3n) is 1.14. The predicted molar refractivity (Wildman–Crippen MR) is 37.6 cm³/mol.